The van der Waals surface area contributed by atoms with Crippen LogP contribution in [0.25, 0.3) is 0 Å². The molecule has 0 amide bonds. The SMILES string of the molecule is COC(=O)C1=CC(O)(O)C(O)(O)C1. The van der Waals surface area contributed by atoms with Gasteiger partial charge in [0.1, 0.15) is 0 Å². The Labute approximate surface area is 73.7 Å². The van der Waals surface area contributed by atoms with E-state index in [1.54, 1.807) is 0 Å². The van der Waals surface area contributed by atoms with Gasteiger partial charge < -0.3 is 25.2 Å². The van der Waals surface area contributed by atoms with Crippen LogP contribution in [0.5, 0.6) is 0 Å². The molecular formula is C7H10O6. The van der Waals surface area contributed by atoms with Crippen LogP contribution in [-0.2, 0) is 9.53 Å². The molecule has 13 heavy (non-hydrogen) atoms. The van der Waals surface area contributed by atoms with Crippen LogP contribution < -0.4 is 0 Å². The summed E-state index contributed by atoms with van der Waals surface area (Å²) in [6, 6.07) is 0. The summed E-state index contributed by atoms with van der Waals surface area (Å²) >= 11 is 0. The van der Waals surface area contributed by atoms with Crippen LogP contribution in [0.4, 0.5) is 0 Å². The smallest absolute Gasteiger partial charge is 0.333 e. The van der Waals surface area contributed by atoms with E-state index in [0.29, 0.717) is 6.08 Å². The number of carbonyl (C=O) groups excluding carboxylic acids is 1. The average Bonchev–Trinajstić information content (AvgIpc) is 2.20. The van der Waals surface area contributed by atoms with Gasteiger partial charge in [0.25, 0.3) is 0 Å². The fraction of sp³-hybridized carbons (Fsp3) is 0.571. The predicted octanol–water partition coefficient (Wildman–Crippen LogP) is -2.15. The average molecular weight is 190 g/mol. The van der Waals surface area contributed by atoms with Crippen molar-refractivity contribution in [2.24, 2.45) is 0 Å². The van der Waals surface area contributed by atoms with E-state index in [4.69, 9.17) is 20.4 Å². The first kappa shape index (κ1) is 10.1. The van der Waals surface area contributed by atoms with Crippen molar-refractivity contribution in [2.75, 3.05) is 7.11 Å². The van der Waals surface area contributed by atoms with Crippen LogP contribution in [-0.4, -0.2) is 45.1 Å². The highest BCUT2D eigenvalue weighted by Crippen LogP contribution is 2.34. The fourth-order valence-electron chi connectivity index (χ4n) is 1.07. The van der Waals surface area contributed by atoms with Gasteiger partial charge in [-0.05, 0) is 6.08 Å². The highest BCUT2D eigenvalue weighted by Gasteiger charge is 2.52. The van der Waals surface area contributed by atoms with E-state index in [2.05, 4.69) is 4.74 Å². The lowest BCUT2D eigenvalue weighted by Crippen LogP contribution is -2.49. The van der Waals surface area contributed by atoms with Gasteiger partial charge in [0, 0.05) is 12.0 Å². The molecule has 0 aromatic rings. The van der Waals surface area contributed by atoms with Crippen LogP contribution in [0.15, 0.2) is 11.6 Å². The van der Waals surface area contributed by atoms with Crippen molar-refractivity contribution >= 4 is 5.97 Å². The van der Waals surface area contributed by atoms with Crippen LogP contribution >= 0.6 is 0 Å². The maximum atomic E-state index is 10.9. The van der Waals surface area contributed by atoms with Gasteiger partial charge in [-0.1, -0.05) is 0 Å². The first-order chi connectivity index (χ1) is 5.80. The van der Waals surface area contributed by atoms with Crippen LogP contribution in [0.2, 0.25) is 0 Å². The van der Waals surface area contributed by atoms with E-state index >= 15 is 0 Å². The minimum atomic E-state index is -2.81. The lowest BCUT2D eigenvalue weighted by Gasteiger charge is -2.26. The van der Waals surface area contributed by atoms with Crippen molar-refractivity contribution in [3.05, 3.63) is 11.6 Å². The predicted molar refractivity (Wildman–Crippen MR) is 39.1 cm³/mol. The van der Waals surface area contributed by atoms with Gasteiger partial charge in [-0.3, -0.25) is 0 Å². The molecule has 74 valence electrons. The Balaban J connectivity index is 2.92. The highest BCUT2D eigenvalue weighted by molar-refractivity contribution is 5.89. The molecule has 0 radical (unpaired) electrons. The molecule has 1 rings (SSSR count). The van der Waals surface area contributed by atoms with Crippen molar-refractivity contribution in [2.45, 2.75) is 18.0 Å². The fourth-order valence-corrected chi connectivity index (χ4v) is 1.07. The Morgan fingerprint density at radius 1 is 1.46 bits per heavy atom. The van der Waals surface area contributed by atoms with E-state index in [1.807, 2.05) is 0 Å². The molecule has 1 aliphatic carbocycles. The monoisotopic (exact) mass is 190 g/mol. The number of hydrogen-bond acceptors (Lipinski definition) is 6. The third-order valence-corrected chi connectivity index (χ3v) is 1.85. The Hall–Kier alpha value is -0.950. The normalized spacial score (nSPS) is 23.9. The number of rotatable bonds is 1. The van der Waals surface area contributed by atoms with Crippen LogP contribution in [0, 0.1) is 0 Å². The van der Waals surface area contributed by atoms with Gasteiger partial charge in [-0.2, -0.15) is 0 Å². The molecule has 6 heteroatoms. The number of ether oxygens (including phenoxy) is 1. The zero-order chi connectivity index (χ0) is 10.3. The Bertz CT molecular complexity index is 264. The molecule has 0 fully saturated rings. The third kappa shape index (κ3) is 1.56. The van der Waals surface area contributed by atoms with E-state index in [0.717, 1.165) is 7.11 Å². The summed E-state index contributed by atoms with van der Waals surface area (Å²) in [6.45, 7) is 0. The second-order valence-corrected chi connectivity index (χ2v) is 2.88. The molecule has 6 nitrogen and oxygen atoms in total. The molecule has 0 aliphatic heterocycles. The zero-order valence-electron chi connectivity index (χ0n) is 6.89. The van der Waals surface area contributed by atoms with E-state index < -0.39 is 24.0 Å². The quantitative estimate of drug-likeness (QED) is 0.277. The van der Waals surface area contributed by atoms with Crippen molar-refractivity contribution in [1.82, 2.24) is 0 Å². The first-order valence-electron chi connectivity index (χ1n) is 3.50. The number of carbonyl (C=O) groups is 1. The summed E-state index contributed by atoms with van der Waals surface area (Å²) in [6.07, 6.45) is 0.0749. The van der Waals surface area contributed by atoms with Gasteiger partial charge in [0.15, 0.2) is 0 Å². The Kier molecular flexibility index (Phi) is 2.16. The minimum Gasteiger partial charge on any atom is -0.466 e. The molecule has 0 unspecified atom stereocenters. The molecule has 0 heterocycles. The summed E-state index contributed by atoms with van der Waals surface area (Å²) in [5.41, 5.74) is -0.183. The second-order valence-electron chi connectivity index (χ2n) is 2.88. The van der Waals surface area contributed by atoms with Crippen molar-refractivity contribution in [3.8, 4) is 0 Å². The van der Waals surface area contributed by atoms with Crippen LogP contribution in [0.1, 0.15) is 6.42 Å². The van der Waals surface area contributed by atoms with E-state index in [9.17, 15) is 4.79 Å². The molecule has 0 spiro atoms. The summed E-state index contributed by atoms with van der Waals surface area (Å²) in [7, 11) is 1.11. The Morgan fingerprint density at radius 2 is 2.00 bits per heavy atom. The van der Waals surface area contributed by atoms with Crippen LogP contribution in [0.3, 0.4) is 0 Å². The highest BCUT2D eigenvalue weighted by atomic mass is 16.6. The number of hydrogen-bond donors (Lipinski definition) is 4. The van der Waals surface area contributed by atoms with Crippen molar-refractivity contribution in [3.63, 3.8) is 0 Å². The molecule has 0 atom stereocenters. The molecule has 0 bridgehead atoms. The third-order valence-electron chi connectivity index (χ3n) is 1.85. The van der Waals surface area contributed by atoms with Gasteiger partial charge in [-0.25, -0.2) is 4.79 Å². The van der Waals surface area contributed by atoms with E-state index in [-0.39, 0.29) is 5.57 Å². The van der Waals surface area contributed by atoms with E-state index in [1.165, 1.54) is 0 Å². The largest absolute Gasteiger partial charge is 0.466 e. The first-order valence-corrected chi connectivity index (χ1v) is 3.50. The minimum absolute atomic E-state index is 0.183. The summed E-state index contributed by atoms with van der Waals surface area (Å²) in [5.74, 6) is -6.37. The Morgan fingerprint density at radius 3 is 2.31 bits per heavy atom. The number of methoxy groups -OCH3 is 1. The number of esters is 1. The molecule has 0 aromatic heterocycles. The van der Waals surface area contributed by atoms with Gasteiger partial charge in [0.05, 0.1) is 7.11 Å². The molecule has 0 aromatic carbocycles. The second kappa shape index (κ2) is 2.78. The topological polar surface area (TPSA) is 107 Å². The lowest BCUT2D eigenvalue weighted by molar-refractivity contribution is -0.324. The summed E-state index contributed by atoms with van der Waals surface area (Å²) in [4.78, 5) is 10.9. The molecule has 0 saturated carbocycles. The molecule has 1 aliphatic rings. The van der Waals surface area contributed by atoms with Gasteiger partial charge in [-0.15, -0.1) is 0 Å². The molecule has 4 N–H and O–H groups in total. The maximum absolute atomic E-state index is 10.9. The molecular weight excluding hydrogens is 180 g/mol. The van der Waals surface area contributed by atoms with Gasteiger partial charge >= 0.3 is 5.97 Å². The standard InChI is InChI=1S/C7H10O6/c1-13-5(8)4-2-6(9,10)7(11,12)3-4/h2,9-12H,3H2,1H3. The number of aliphatic hydroxyl groups is 4. The zero-order valence-corrected chi connectivity index (χ0v) is 6.89. The molecule has 0 saturated heterocycles. The van der Waals surface area contributed by atoms with Gasteiger partial charge in [0.2, 0.25) is 11.6 Å². The summed E-state index contributed by atoms with van der Waals surface area (Å²) < 4.78 is 4.27. The van der Waals surface area contributed by atoms with Crippen molar-refractivity contribution < 1.29 is 30.0 Å². The lowest BCUT2D eigenvalue weighted by atomic mass is 10.1. The maximum Gasteiger partial charge on any atom is 0.333 e. The summed E-state index contributed by atoms with van der Waals surface area (Å²) in [5, 5.41) is 36.1. The van der Waals surface area contributed by atoms with Crippen molar-refractivity contribution in [1.29, 1.82) is 0 Å².